The molecule has 0 bridgehead atoms. The van der Waals surface area contributed by atoms with E-state index in [1.165, 1.54) is 11.8 Å². The van der Waals surface area contributed by atoms with Gasteiger partial charge in [-0.2, -0.15) is 0 Å². The summed E-state index contributed by atoms with van der Waals surface area (Å²) in [4.78, 5) is 28.1. The van der Waals surface area contributed by atoms with Crippen LogP contribution in [0.5, 0.6) is 0 Å². The molecule has 0 spiro atoms. The summed E-state index contributed by atoms with van der Waals surface area (Å²) >= 11 is 3.13. The van der Waals surface area contributed by atoms with Gasteiger partial charge in [-0.1, -0.05) is 30.3 Å². The Bertz CT molecular complexity index is 832. The average molecular weight is 371 g/mol. The van der Waals surface area contributed by atoms with Crippen LogP contribution in [-0.4, -0.2) is 29.1 Å². The molecule has 0 unspecified atom stereocenters. The molecule has 0 aliphatic heterocycles. The molecule has 2 aromatic carbocycles. The van der Waals surface area contributed by atoms with E-state index in [0.717, 1.165) is 15.2 Å². The first-order valence-electron chi connectivity index (χ1n) is 7.74. The van der Waals surface area contributed by atoms with E-state index in [-0.39, 0.29) is 18.4 Å². The van der Waals surface area contributed by atoms with E-state index in [9.17, 15) is 9.59 Å². The van der Waals surface area contributed by atoms with Crippen molar-refractivity contribution in [3.8, 4) is 0 Å². The topological polar surface area (TPSA) is 71.1 Å². The Hall–Kier alpha value is -2.38. The molecule has 0 aliphatic rings. The van der Waals surface area contributed by atoms with Gasteiger partial charge in [-0.15, -0.1) is 23.1 Å². The number of hydrogen-bond donors (Lipinski definition) is 2. The number of amides is 2. The van der Waals surface area contributed by atoms with Crippen molar-refractivity contribution in [2.24, 2.45) is 0 Å². The second-order valence-corrected chi connectivity index (χ2v) is 7.36. The van der Waals surface area contributed by atoms with Crippen molar-refractivity contribution < 1.29 is 9.59 Å². The number of carbonyl (C=O) groups excluding carboxylic acids is 2. The molecule has 0 saturated heterocycles. The first kappa shape index (κ1) is 17.4. The number of aromatic nitrogens is 1. The summed E-state index contributed by atoms with van der Waals surface area (Å²) < 4.78 is 1.15. The van der Waals surface area contributed by atoms with E-state index >= 15 is 0 Å². The molecule has 2 amide bonds. The number of benzene rings is 2. The maximum absolute atomic E-state index is 11.8. The Morgan fingerprint density at radius 3 is 2.56 bits per heavy atom. The van der Waals surface area contributed by atoms with Crippen LogP contribution >= 0.6 is 23.1 Å². The largest absolute Gasteiger partial charge is 0.346 e. The zero-order chi connectivity index (χ0) is 17.5. The summed E-state index contributed by atoms with van der Waals surface area (Å²) in [5, 5.41) is 6.35. The minimum atomic E-state index is -0.240. The van der Waals surface area contributed by atoms with Gasteiger partial charge >= 0.3 is 0 Å². The molecular weight excluding hydrogens is 354 g/mol. The maximum atomic E-state index is 11.8. The molecule has 0 aliphatic carbocycles. The molecule has 5 nitrogen and oxygen atoms in total. The summed E-state index contributed by atoms with van der Waals surface area (Å²) in [6.07, 6.45) is 0. The van der Waals surface area contributed by atoms with Crippen LogP contribution in [0.3, 0.4) is 0 Å². The average Bonchev–Trinajstić information content (AvgIpc) is 3.03. The zero-order valence-corrected chi connectivity index (χ0v) is 15.0. The lowest BCUT2D eigenvalue weighted by molar-refractivity contribution is -0.122. The van der Waals surface area contributed by atoms with Gasteiger partial charge in [0.15, 0.2) is 0 Å². The third-order valence-electron chi connectivity index (χ3n) is 3.30. The van der Waals surface area contributed by atoms with Gasteiger partial charge in [0, 0.05) is 11.4 Å². The van der Waals surface area contributed by atoms with Crippen molar-refractivity contribution in [3.63, 3.8) is 0 Å². The number of para-hydroxylation sites is 2. The van der Waals surface area contributed by atoms with E-state index in [2.05, 4.69) is 15.6 Å². The zero-order valence-electron chi connectivity index (χ0n) is 13.4. The fourth-order valence-electron chi connectivity index (χ4n) is 2.17. The Labute approximate surface area is 153 Å². The highest BCUT2D eigenvalue weighted by atomic mass is 32.2. The van der Waals surface area contributed by atoms with Crippen molar-refractivity contribution in [1.29, 1.82) is 0 Å². The van der Waals surface area contributed by atoms with Crippen LogP contribution in [0.25, 0.3) is 10.2 Å². The predicted molar refractivity (Wildman–Crippen MR) is 104 cm³/mol. The quantitative estimate of drug-likeness (QED) is 0.669. The normalized spacial score (nSPS) is 10.6. The lowest BCUT2D eigenvalue weighted by atomic mass is 10.3. The SMILES string of the molecule is O=C(CSCc1nc2ccccc2s1)NCC(=O)Nc1ccccc1. The molecular formula is C18H17N3O2S2. The van der Waals surface area contributed by atoms with Crippen molar-refractivity contribution in [2.45, 2.75) is 5.75 Å². The highest BCUT2D eigenvalue weighted by Crippen LogP contribution is 2.24. The van der Waals surface area contributed by atoms with Gasteiger partial charge in [0.25, 0.3) is 0 Å². The molecule has 2 N–H and O–H groups in total. The number of anilines is 1. The fraction of sp³-hybridized carbons (Fsp3) is 0.167. The van der Waals surface area contributed by atoms with Gasteiger partial charge in [-0.3, -0.25) is 9.59 Å². The molecule has 0 fully saturated rings. The van der Waals surface area contributed by atoms with Crippen LogP contribution in [0, 0.1) is 0 Å². The van der Waals surface area contributed by atoms with E-state index < -0.39 is 0 Å². The maximum Gasteiger partial charge on any atom is 0.243 e. The minimum Gasteiger partial charge on any atom is -0.346 e. The molecule has 0 radical (unpaired) electrons. The van der Waals surface area contributed by atoms with Gasteiger partial charge in [-0.25, -0.2) is 4.98 Å². The number of thiazole rings is 1. The van der Waals surface area contributed by atoms with Crippen molar-refractivity contribution in [1.82, 2.24) is 10.3 Å². The number of rotatable bonds is 7. The number of nitrogens with zero attached hydrogens (tertiary/aromatic N) is 1. The smallest absolute Gasteiger partial charge is 0.243 e. The molecule has 1 aromatic heterocycles. The minimum absolute atomic E-state index is 0.0323. The molecule has 7 heteroatoms. The Morgan fingerprint density at radius 1 is 1.00 bits per heavy atom. The second-order valence-electron chi connectivity index (χ2n) is 5.26. The van der Waals surface area contributed by atoms with Crippen molar-refractivity contribution in [3.05, 3.63) is 59.6 Å². The third-order valence-corrected chi connectivity index (χ3v) is 5.46. The van der Waals surface area contributed by atoms with Crippen LogP contribution < -0.4 is 10.6 Å². The number of carbonyl (C=O) groups is 2. The second kappa shape index (κ2) is 8.64. The summed E-state index contributed by atoms with van der Waals surface area (Å²) in [7, 11) is 0. The number of nitrogens with one attached hydrogen (secondary N) is 2. The van der Waals surface area contributed by atoms with Crippen LogP contribution in [0.1, 0.15) is 5.01 Å². The summed E-state index contributed by atoms with van der Waals surface area (Å²) in [5.41, 5.74) is 1.71. The van der Waals surface area contributed by atoms with E-state index in [1.54, 1.807) is 23.5 Å². The number of fused-ring (bicyclic) bond motifs is 1. The van der Waals surface area contributed by atoms with Gasteiger partial charge in [-0.05, 0) is 24.3 Å². The summed E-state index contributed by atoms with van der Waals surface area (Å²) in [6.45, 7) is -0.0323. The van der Waals surface area contributed by atoms with Gasteiger partial charge in [0.2, 0.25) is 11.8 Å². The molecule has 0 atom stereocenters. The predicted octanol–water partition coefficient (Wildman–Crippen LogP) is 3.28. The molecule has 1 heterocycles. The van der Waals surface area contributed by atoms with E-state index in [4.69, 9.17) is 0 Å². The standard InChI is InChI=1S/C18H17N3O2S2/c22-16(20-13-6-2-1-3-7-13)10-19-17(23)11-24-12-18-21-14-8-4-5-9-15(14)25-18/h1-9H,10-12H2,(H,19,23)(H,20,22). The van der Waals surface area contributed by atoms with Crippen molar-refractivity contribution >= 4 is 50.8 Å². The summed E-state index contributed by atoms with van der Waals surface area (Å²) in [6, 6.07) is 17.1. The van der Waals surface area contributed by atoms with Crippen LogP contribution in [0.4, 0.5) is 5.69 Å². The fourth-order valence-corrected chi connectivity index (χ4v) is 4.05. The number of hydrogen-bond acceptors (Lipinski definition) is 5. The Balaban J connectivity index is 1.37. The first-order chi connectivity index (χ1) is 12.2. The summed E-state index contributed by atoms with van der Waals surface area (Å²) in [5.74, 6) is 0.586. The highest BCUT2D eigenvalue weighted by molar-refractivity contribution is 7.99. The molecule has 25 heavy (non-hydrogen) atoms. The van der Waals surface area contributed by atoms with E-state index in [0.29, 0.717) is 17.2 Å². The van der Waals surface area contributed by atoms with Gasteiger partial charge < -0.3 is 10.6 Å². The Morgan fingerprint density at radius 2 is 1.76 bits per heavy atom. The first-order valence-corrected chi connectivity index (χ1v) is 9.71. The highest BCUT2D eigenvalue weighted by Gasteiger charge is 2.08. The molecule has 128 valence electrons. The van der Waals surface area contributed by atoms with Gasteiger partial charge in [0.1, 0.15) is 5.01 Å². The lowest BCUT2D eigenvalue weighted by Crippen LogP contribution is -2.33. The molecule has 3 rings (SSSR count). The van der Waals surface area contributed by atoms with Crippen LogP contribution in [0.15, 0.2) is 54.6 Å². The molecule has 3 aromatic rings. The van der Waals surface area contributed by atoms with Crippen LogP contribution in [0.2, 0.25) is 0 Å². The van der Waals surface area contributed by atoms with E-state index in [1.807, 2.05) is 42.5 Å². The Kier molecular flexibility index (Phi) is 6.03. The third kappa shape index (κ3) is 5.30. The van der Waals surface area contributed by atoms with Gasteiger partial charge in [0.05, 0.1) is 22.5 Å². The monoisotopic (exact) mass is 371 g/mol. The van der Waals surface area contributed by atoms with Crippen molar-refractivity contribution in [2.75, 3.05) is 17.6 Å². The molecule has 0 saturated carbocycles. The number of thioether (sulfide) groups is 1. The lowest BCUT2D eigenvalue weighted by Gasteiger charge is -2.06. The van der Waals surface area contributed by atoms with Crippen LogP contribution in [-0.2, 0) is 15.3 Å².